The molecule has 0 aliphatic rings. The molecule has 0 aliphatic carbocycles. The SMILES string of the molecule is CC(C)c1ccc(OC(=O)c2cncc[n+]2Cc2ccccc2)cc1.FC(F)(F)c1cc([B-](c2cc(C(F)(F)F)cc(C(F)(F)F)c2)(c2cc(C(F)(F)F)cc(C(F)(F)F)c2)c2cc(C(F)(F)F)cc(C(F)(F)F)c2)cc(C(F)(F)F)c1. The molecule has 6 aromatic carbocycles. The largest absolute Gasteiger partial charge is 0.419 e. The third-order valence-corrected chi connectivity index (χ3v) is 12.4. The summed E-state index contributed by atoms with van der Waals surface area (Å²) in [6, 6.07) is 8.77. The number of aromatic nitrogens is 2. The quantitative estimate of drug-likeness (QED) is 0.0476. The molecule has 0 fully saturated rings. The van der Waals surface area contributed by atoms with E-state index in [2.05, 4.69) is 18.8 Å². The van der Waals surface area contributed by atoms with E-state index in [0.717, 1.165) is 5.56 Å². The van der Waals surface area contributed by atoms with Crippen LogP contribution < -0.4 is 31.2 Å². The molecular weight excluding hydrogens is 1160 g/mol. The molecule has 0 radical (unpaired) electrons. The van der Waals surface area contributed by atoms with Crippen LogP contribution in [0.1, 0.15) is 85.9 Å². The topological polar surface area (TPSA) is 43.1 Å². The van der Waals surface area contributed by atoms with Gasteiger partial charge >= 0.3 is 61.1 Å². The van der Waals surface area contributed by atoms with Crippen LogP contribution in [-0.4, -0.2) is 17.1 Å². The Morgan fingerprint density at radius 2 is 0.732 bits per heavy atom. The fraction of sp³-hybridized carbons (Fsp3) is 0.226. The first kappa shape index (κ1) is 63.4. The molecule has 438 valence electrons. The fourth-order valence-electron chi connectivity index (χ4n) is 8.63. The average molecular weight is 1200 g/mol. The first-order chi connectivity index (χ1) is 37.4. The maximum atomic E-state index is 14.2. The van der Waals surface area contributed by atoms with E-state index in [9.17, 15) is 110 Å². The number of rotatable bonds is 9. The second-order valence-electron chi connectivity index (χ2n) is 18.4. The molecule has 0 saturated carbocycles. The van der Waals surface area contributed by atoms with Crippen LogP contribution in [-0.2, 0) is 56.0 Å². The third kappa shape index (κ3) is 14.8. The van der Waals surface area contributed by atoms with E-state index >= 15 is 0 Å². The van der Waals surface area contributed by atoms with Gasteiger partial charge in [-0.05, 0) is 47.9 Å². The van der Waals surface area contributed by atoms with Crippen molar-refractivity contribution in [3.05, 3.63) is 207 Å². The molecule has 1 heterocycles. The Balaban J connectivity index is 0.000000357. The zero-order valence-corrected chi connectivity index (χ0v) is 41.0. The molecule has 82 heavy (non-hydrogen) atoms. The van der Waals surface area contributed by atoms with Gasteiger partial charge in [0.1, 0.15) is 18.1 Å². The number of halogens is 24. The zero-order chi connectivity index (χ0) is 61.6. The van der Waals surface area contributed by atoms with Gasteiger partial charge in [0.25, 0.3) is 0 Å². The van der Waals surface area contributed by atoms with Crippen LogP contribution in [0.5, 0.6) is 5.75 Å². The Bertz CT molecular complexity index is 2970. The summed E-state index contributed by atoms with van der Waals surface area (Å²) in [6.07, 6.45) is -49.8. The van der Waals surface area contributed by atoms with E-state index in [4.69, 9.17) is 4.74 Å². The number of esters is 1. The Labute approximate surface area is 446 Å². The minimum absolute atomic E-state index is 0.415. The predicted octanol–water partition coefficient (Wildman–Crippen LogP) is 15.0. The van der Waals surface area contributed by atoms with Crippen molar-refractivity contribution in [1.82, 2.24) is 4.98 Å². The second-order valence-corrected chi connectivity index (χ2v) is 18.4. The van der Waals surface area contributed by atoms with Gasteiger partial charge in [-0.25, -0.2) is 4.79 Å². The van der Waals surface area contributed by atoms with Crippen molar-refractivity contribution in [2.24, 2.45) is 0 Å². The van der Waals surface area contributed by atoms with Crippen LogP contribution >= 0.6 is 0 Å². The second kappa shape index (κ2) is 22.5. The highest BCUT2D eigenvalue weighted by Crippen LogP contribution is 2.41. The lowest BCUT2D eigenvalue weighted by atomic mass is 9.12. The summed E-state index contributed by atoms with van der Waals surface area (Å²) in [4.78, 5) is 16.6. The van der Waals surface area contributed by atoms with Gasteiger partial charge in [0.15, 0.2) is 12.7 Å². The monoisotopic (exact) mass is 1200 g/mol. The number of hydrogen-bond donors (Lipinski definition) is 0. The lowest BCUT2D eigenvalue weighted by Crippen LogP contribution is -2.75. The van der Waals surface area contributed by atoms with Gasteiger partial charge in [0.05, 0.1) is 50.7 Å². The molecule has 0 unspecified atom stereocenters. The van der Waals surface area contributed by atoms with Crippen LogP contribution in [0.15, 0.2) is 146 Å². The molecular formula is C53H33BF24N2O2. The van der Waals surface area contributed by atoms with Crippen LogP contribution in [0.2, 0.25) is 0 Å². The van der Waals surface area contributed by atoms with Crippen LogP contribution in [0, 0.1) is 0 Å². The van der Waals surface area contributed by atoms with E-state index in [0.29, 0.717) is 23.9 Å². The Morgan fingerprint density at radius 3 is 1.00 bits per heavy atom. The van der Waals surface area contributed by atoms with Crippen molar-refractivity contribution in [2.75, 3.05) is 0 Å². The van der Waals surface area contributed by atoms with Crippen LogP contribution in [0.25, 0.3) is 0 Å². The Kier molecular flexibility index (Phi) is 17.4. The first-order valence-corrected chi connectivity index (χ1v) is 22.9. The number of carbonyl (C=O) groups is 1. The Hall–Kier alpha value is -7.75. The standard InChI is InChI=1S/C32H12BF24.C21H21N2O2/c34-25(35,36)13-1-14(26(37,38)39)6-21(5-13)33(22-7-15(27(40,41)42)2-16(8-22)28(43,44)45,23-9-17(29(46,47)48)3-18(10-23)30(49,50)51)24-11-19(31(52,53)54)4-20(12-24)32(55,56)57;1-16(2)18-8-10-19(11-9-18)25-21(24)20-14-22-12-13-23(20)15-17-6-4-3-5-7-17/h1-12H;3-14,16H,15H2,1-2H3/q-1;+1. The summed E-state index contributed by atoms with van der Waals surface area (Å²) in [7, 11) is 0. The van der Waals surface area contributed by atoms with Crippen LogP contribution in [0.4, 0.5) is 105 Å². The molecule has 0 amide bonds. The lowest BCUT2D eigenvalue weighted by molar-refractivity contribution is -0.691. The Morgan fingerprint density at radius 1 is 0.439 bits per heavy atom. The van der Waals surface area contributed by atoms with Gasteiger partial charge < -0.3 is 4.74 Å². The molecule has 0 N–H and O–H groups in total. The number of ether oxygens (including phenoxy) is 1. The molecule has 7 rings (SSSR count). The zero-order valence-electron chi connectivity index (χ0n) is 41.0. The molecule has 29 heteroatoms. The first-order valence-electron chi connectivity index (χ1n) is 22.9. The van der Waals surface area contributed by atoms with Crippen molar-refractivity contribution in [2.45, 2.75) is 75.7 Å². The van der Waals surface area contributed by atoms with Gasteiger partial charge in [-0.3, -0.25) is 4.98 Å². The highest BCUT2D eigenvalue weighted by Gasteiger charge is 2.47. The van der Waals surface area contributed by atoms with Crippen molar-refractivity contribution in [1.29, 1.82) is 0 Å². The summed E-state index contributed by atoms with van der Waals surface area (Å²) >= 11 is 0. The van der Waals surface area contributed by atoms with Gasteiger partial charge in [0, 0.05) is 5.56 Å². The maximum Gasteiger partial charge on any atom is 0.416 e. The predicted molar refractivity (Wildman–Crippen MR) is 246 cm³/mol. The van der Waals surface area contributed by atoms with Crippen molar-refractivity contribution < 1.29 is 119 Å². The number of nitrogens with zero attached hydrogens (tertiary/aromatic N) is 2. The highest BCUT2D eigenvalue weighted by molar-refractivity contribution is 7.20. The number of hydrogen-bond acceptors (Lipinski definition) is 3. The summed E-state index contributed by atoms with van der Waals surface area (Å²) < 4.78 is 348. The van der Waals surface area contributed by atoms with Crippen molar-refractivity contribution >= 4 is 34.0 Å². The maximum absolute atomic E-state index is 14.2. The smallest absolute Gasteiger partial charge is 0.416 e. The van der Waals surface area contributed by atoms with E-state index < -0.39 is 201 Å². The summed E-state index contributed by atoms with van der Waals surface area (Å²) in [6.45, 7) is 4.84. The average Bonchev–Trinajstić information content (AvgIpc) is 2.85. The normalized spacial score (nSPS) is 13.2. The molecule has 7 aromatic rings. The molecule has 1 aromatic heterocycles. The molecule has 0 saturated heterocycles. The van der Waals surface area contributed by atoms with Crippen molar-refractivity contribution in [3.8, 4) is 5.75 Å². The molecule has 0 atom stereocenters. The van der Waals surface area contributed by atoms with Crippen LogP contribution in [0.3, 0.4) is 0 Å². The molecule has 0 spiro atoms. The van der Waals surface area contributed by atoms with Gasteiger partial charge in [-0.1, -0.05) is 105 Å². The molecule has 0 bridgehead atoms. The molecule has 4 nitrogen and oxygen atoms in total. The van der Waals surface area contributed by atoms with E-state index in [1.807, 2.05) is 59.2 Å². The minimum atomic E-state index is -6.13. The summed E-state index contributed by atoms with van der Waals surface area (Å²) in [5.41, 5.74) is -27.5. The highest BCUT2D eigenvalue weighted by atomic mass is 19.4. The van der Waals surface area contributed by atoms with Gasteiger partial charge in [-0.2, -0.15) is 132 Å². The third-order valence-electron chi connectivity index (χ3n) is 12.4. The lowest BCUT2D eigenvalue weighted by Gasteiger charge is -2.46. The van der Waals surface area contributed by atoms with Gasteiger partial charge in [-0.15, -0.1) is 0 Å². The summed E-state index contributed by atoms with van der Waals surface area (Å²) in [5.74, 6) is 0.557. The van der Waals surface area contributed by atoms with E-state index in [1.165, 1.54) is 11.8 Å². The molecule has 0 aliphatic heterocycles. The van der Waals surface area contributed by atoms with Crippen molar-refractivity contribution in [3.63, 3.8) is 0 Å². The number of benzene rings is 6. The fourth-order valence-corrected chi connectivity index (χ4v) is 8.63. The van der Waals surface area contributed by atoms with Gasteiger partial charge in [0.2, 0.25) is 0 Å². The minimum Gasteiger partial charge on any atom is -0.419 e. The number of alkyl halides is 24. The summed E-state index contributed by atoms with van der Waals surface area (Å²) in [5, 5.41) is 0. The number of carbonyl (C=O) groups excluding carboxylic acids is 1. The van der Waals surface area contributed by atoms with E-state index in [-0.39, 0.29) is 0 Å². The van der Waals surface area contributed by atoms with E-state index in [1.54, 1.807) is 12.4 Å².